The van der Waals surface area contributed by atoms with E-state index in [1.807, 2.05) is 13.0 Å². The molecule has 0 spiro atoms. The largest absolute Gasteiger partial charge is 0.440 e. The number of rotatable bonds is 4. The molecule has 0 saturated heterocycles. The molecule has 1 aromatic carbocycles. The monoisotopic (exact) mass is 260 g/mol. The minimum Gasteiger partial charge on any atom is -0.409 e. The van der Waals surface area contributed by atoms with Crippen LogP contribution in [0.5, 0.6) is 5.75 Å². The maximum atomic E-state index is 11.8. The Morgan fingerprint density at radius 3 is 2.53 bits per heavy atom. The molecule has 2 rings (SSSR count). The van der Waals surface area contributed by atoms with E-state index in [9.17, 15) is 9.59 Å². The van der Waals surface area contributed by atoms with Gasteiger partial charge < -0.3 is 10.5 Å². The van der Waals surface area contributed by atoms with Crippen molar-refractivity contribution in [3.63, 3.8) is 0 Å². The van der Waals surface area contributed by atoms with Crippen molar-refractivity contribution in [2.45, 2.75) is 26.2 Å². The molecule has 1 aliphatic carbocycles. The van der Waals surface area contributed by atoms with E-state index in [1.54, 1.807) is 24.3 Å². The van der Waals surface area contributed by atoms with Crippen LogP contribution in [0.2, 0.25) is 0 Å². The number of carbonyl (C=O) groups is 2. The third-order valence-electron chi connectivity index (χ3n) is 3.20. The number of benzene rings is 1. The van der Waals surface area contributed by atoms with Crippen LogP contribution in [0.25, 0.3) is 0 Å². The molecule has 0 heterocycles. The van der Waals surface area contributed by atoms with E-state index in [0.717, 1.165) is 12.8 Å². The number of nitrogens with zero attached hydrogens (tertiary/aromatic N) is 1. The Labute approximate surface area is 111 Å². The summed E-state index contributed by atoms with van der Waals surface area (Å²) in [5, 5.41) is 0. The zero-order valence-corrected chi connectivity index (χ0v) is 10.8. The van der Waals surface area contributed by atoms with Gasteiger partial charge in [-0.25, -0.2) is 4.79 Å². The predicted octanol–water partition coefficient (Wildman–Crippen LogP) is 2.30. The fourth-order valence-electron chi connectivity index (χ4n) is 1.61. The van der Waals surface area contributed by atoms with E-state index >= 15 is 0 Å². The Bertz CT molecular complexity index is 519. The Kier molecular flexibility index (Phi) is 3.64. The summed E-state index contributed by atoms with van der Waals surface area (Å²) in [6.45, 7) is 1.89. The number of para-hydroxylation sites is 1. The number of hydrogen-bond acceptors (Lipinski definition) is 3. The highest BCUT2D eigenvalue weighted by atomic mass is 16.5. The van der Waals surface area contributed by atoms with Gasteiger partial charge in [0.15, 0.2) is 0 Å². The second-order valence-corrected chi connectivity index (χ2v) is 4.94. The number of amidine groups is 1. The summed E-state index contributed by atoms with van der Waals surface area (Å²) in [6.07, 6.45) is 0.957. The lowest BCUT2D eigenvalue weighted by atomic mass is 10.0. The Hall–Kier alpha value is -2.17. The summed E-state index contributed by atoms with van der Waals surface area (Å²) in [5.74, 6) is 0.421. The zero-order chi connectivity index (χ0) is 13.9. The van der Waals surface area contributed by atoms with Crippen molar-refractivity contribution in [2.24, 2.45) is 16.1 Å². The van der Waals surface area contributed by atoms with Crippen molar-refractivity contribution < 1.29 is 14.3 Å². The SMILES string of the molecule is CC1(C(=O)CC(N)=NC(=O)Oc2ccccc2)CC1. The molecule has 100 valence electrons. The van der Waals surface area contributed by atoms with Crippen LogP contribution < -0.4 is 10.5 Å². The first-order valence-corrected chi connectivity index (χ1v) is 6.13. The van der Waals surface area contributed by atoms with E-state index in [4.69, 9.17) is 10.5 Å². The fraction of sp³-hybridized carbons (Fsp3) is 0.357. The first-order valence-electron chi connectivity index (χ1n) is 6.13. The second kappa shape index (κ2) is 5.22. The van der Waals surface area contributed by atoms with Crippen LogP contribution in [0.4, 0.5) is 4.79 Å². The van der Waals surface area contributed by atoms with Crippen molar-refractivity contribution in [1.82, 2.24) is 0 Å². The second-order valence-electron chi connectivity index (χ2n) is 4.94. The van der Waals surface area contributed by atoms with Crippen LogP contribution in [0.3, 0.4) is 0 Å². The lowest BCUT2D eigenvalue weighted by Gasteiger charge is -2.06. The molecule has 0 radical (unpaired) electrons. The molecule has 0 atom stereocenters. The van der Waals surface area contributed by atoms with Gasteiger partial charge in [0.2, 0.25) is 0 Å². The van der Waals surface area contributed by atoms with Gasteiger partial charge in [0.1, 0.15) is 17.4 Å². The van der Waals surface area contributed by atoms with Crippen LogP contribution >= 0.6 is 0 Å². The molecule has 1 saturated carbocycles. The highest BCUT2D eigenvalue weighted by Crippen LogP contribution is 2.46. The van der Waals surface area contributed by atoms with Gasteiger partial charge in [-0.05, 0) is 25.0 Å². The topological polar surface area (TPSA) is 81.8 Å². The minimum atomic E-state index is -0.808. The van der Waals surface area contributed by atoms with E-state index < -0.39 is 6.09 Å². The summed E-state index contributed by atoms with van der Waals surface area (Å²) in [5.41, 5.74) is 5.32. The molecular weight excluding hydrogens is 244 g/mol. The van der Waals surface area contributed by atoms with Crippen LogP contribution in [0.15, 0.2) is 35.3 Å². The average molecular weight is 260 g/mol. The maximum absolute atomic E-state index is 11.8. The summed E-state index contributed by atoms with van der Waals surface area (Å²) in [6, 6.07) is 8.57. The molecule has 0 aromatic heterocycles. The number of Topliss-reactive ketones (excluding diaryl/α,β-unsaturated/α-hetero) is 1. The number of amides is 1. The summed E-state index contributed by atoms with van der Waals surface area (Å²) in [4.78, 5) is 26.8. The standard InChI is InChI=1S/C14H16N2O3/c1-14(7-8-14)11(17)9-12(15)16-13(18)19-10-5-3-2-4-6-10/h2-6H,7-9H2,1H3,(H2,15,16,18). The first-order chi connectivity index (χ1) is 8.99. The van der Waals surface area contributed by atoms with Crippen molar-refractivity contribution in [3.8, 4) is 5.75 Å². The number of nitrogens with two attached hydrogens (primary N) is 1. The van der Waals surface area contributed by atoms with Gasteiger partial charge in [-0.3, -0.25) is 4.79 Å². The van der Waals surface area contributed by atoms with E-state index in [1.165, 1.54) is 0 Å². The zero-order valence-electron chi connectivity index (χ0n) is 10.8. The third kappa shape index (κ3) is 3.64. The number of ether oxygens (including phenoxy) is 1. The molecule has 0 aliphatic heterocycles. The van der Waals surface area contributed by atoms with Gasteiger partial charge in [0, 0.05) is 5.41 Å². The van der Waals surface area contributed by atoms with Crippen LogP contribution in [0, 0.1) is 5.41 Å². The summed E-state index contributed by atoms with van der Waals surface area (Å²) >= 11 is 0. The number of carbonyl (C=O) groups excluding carboxylic acids is 2. The van der Waals surface area contributed by atoms with Crippen molar-refractivity contribution >= 4 is 17.7 Å². The lowest BCUT2D eigenvalue weighted by molar-refractivity contribution is -0.122. The summed E-state index contributed by atoms with van der Waals surface area (Å²) < 4.78 is 4.95. The molecule has 1 fully saturated rings. The molecule has 0 bridgehead atoms. The maximum Gasteiger partial charge on any atom is 0.440 e. The van der Waals surface area contributed by atoms with Gasteiger partial charge in [0.05, 0.1) is 6.42 Å². The van der Waals surface area contributed by atoms with Crippen LogP contribution in [-0.2, 0) is 4.79 Å². The lowest BCUT2D eigenvalue weighted by Crippen LogP contribution is -2.23. The number of ketones is 1. The van der Waals surface area contributed by atoms with Crippen molar-refractivity contribution in [3.05, 3.63) is 30.3 Å². The number of aliphatic imine (C=N–C) groups is 1. The molecule has 1 amide bonds. The molecule has 1 aromatic rings. The van der Waals surface area contributed by atoms with Crippen LogP contribution in [0.1, 0.15) is 26.2 Å². The molecule has 0 unspecified atom stereocenters. The highest BCUT2D eigenvalue weighted by molar-refractivity contribution is 6.06. The molecule has 19 heavy (non-hydrogen) atoms. The minimum absolute atomic E-state index is 0.000387. The van der Waals surface area contributed by atoms with E-state index in [2.05, 4.69) is 4.99 Å². The first kappa shape index (κ1) is 13.3. The fourth-order valence-corrected chi connectivity index (χ4v) is 1.61. The van der Waals surface area contributed by atoms with Gasteiger partial charge in [0.25, 0.3) is 0 Å². The molecule has 2 N–H and O–H groups in total. The third-order valence-corrected chi connectivity index (χ3v) is 3.20. The molecule has 5 heteroatoms. The van der Waals surface area contributed by atoms with E-state index in [-0.39, 0.29) is 23.5 Å². The van der Waals surface area contributed by atoms with Crippen molar-refractivity contribution in [2.75, 3.05) is 0 Å². The van der Waals surface area contributed by atoms with E-state index in [0.29, 0.717) is 5.75 Å². The normalized spacial score (nSPS) is 16.8. The Morgan fingerprint density at radius 1 is 1.32 bits per heavy atom. The predicted molar refractivity (Wildman–Crippen MR) is 71.1 cm³/mol. The van der Waals surface area contributed by atoms with Crippen molar-refractivity contribution in [1.29, 1.82) is 0 Å². The highest BCUT2D eigenvalue weighted by Gasteiger charge is 2.44. The molecule has 5 nitrogen and oxygen atoms in total. The van der Waals surface area contributed by atoms with Gasteiger partial charge >= 0.3 is 6.09 Å². The molecular formula is C14H16N2O3. The quantitative estimate of drug-likeness (QED) is 0.665. The Balaban J connectivity index is 1.89. The molecule has 1 aliphatic rings. The summed E-state index contributed by atoms with van der Waals surface area (Å²) in [7, 11) is 0. The van der Waals surface area contributed by atoms with Crippen LogP contribution in [-0.4, -0.2) is 17.7 Å². The average Bonchev–Trinajstić information content (AvgIpc) is 3.09. The smallest absolute Gasteiger partial charge is 0.409 e. The number of hydrogen-bond donors (Lipinski definition) is 1. The van der Waals surface area contributed by atoms with Gasteiger partial charge in [-0.2, -0.15) is 4.99 Å². The Morgan fingerprint density at radius 2 is 1.95 bits per heavy atom. The van der Waals surface area contributed by atoms with Gasteiger partial charge in [-0.1, -0.05) is 25.1 Å². The van der Waals surface area contributed by atoms with Gasteiger partial charge in [-0.15, -0.1) is 0 Å².